The molecule has 0 radical (unpaired) electrons. The minimum atomic E-state index is -0.587. The highest BCUT2D eigenvalue weighted by Gasteiger charge is 2.20. The van der Waals surface area contributed by atoms with Crippen molar-refractivity contribution >= 4 is 34.6 Å². The van der Waals surface area contributed by atoms with Crippen molar-refractivity contribution in [3.8, 4) is 5.75 Å². The van der Waals surface area contributed by atoms with Gasteiger partial charge in [-0.05, 0) is 23.9 Å². The van der Waals surface area contributed by atoms with Crippen molar-refractivity contribution in [3.63, 3.8) is 0 Å². The molecule has 0 saturated heterocycles. The van der Waals surface area contributed by atoms with Crippen LogP contribution >= 0.6 is 11.8 Å². The number of thioether (sulfide) groups is 1. The molecule has 0 spiro atoms. The molecule has 0 aromatic heterocycles. The van der Waals surface area contributed by atoms with Crippen LogP contribution in [0.1, 0.15) is 5.56 Å². The molecule has 92 valence electrons. The number of hydrogen-bond acceptors (Lipinski definition) is 6. The van der Waals surface area contributed by atoms with Crippen molar-refractivity contribution in [1.82, 2.24) is 0 Å². The molecule has 1 aromatic carbocycles. The molecular formula is C10H7N3O4S. The van der Waals surface area contributed by atoms with Crippen molar-refractivity contribution in [1.29, 1.82) is 0 Å². The Kier molecular flexibility index (Phi) is 3.02. The molecule has 0 unspecified atom stereocenters. The standard InChI is InChI=1S/C10H7N3O4S/c11-10-12-9(15)8(18-10)4-5-3-6(13(16)17)1-2-7(5)14/h1-4,14H,(H2,11,12,15)/b8-4-. The number of amidine groups is 1. The van der Waals surface area contributed by atoms with Crippen molar-refractivity contribution in [2.45, 2.75) is 0 Å². The lowest BCUT2D eigenvalue weighted by molar-refractivity contribution is -0.384. The Morgan fingerprint density at radius 1 is 1.50 bits per heavy atom. The lowest BCUT2D eigenvalue weighted by atomic mass is 10.1. The fourth-order valence-electron chi connectivity index (χ4n) is 1.34. The highest BCUT2D eigenvalue weighted by molar-refractivity contribution is 8.18. The monoisotopic (exact) mass is 265 g/mol. The van der Waals surface area contributed by atoms with Crippen LogP contribution in [0.2, 0.25) is 0 Å². The highest BCUT2D eigenvalue weighted by Crippen LogP contribution is 2.30. The number of hydrogen-bond donors (Lipinski definition) is 2. The smallest absolute Gasteiger partial charge is 0.286 e. The van der Waals surface area contributed by atoms with Crippen LogP contribution in [0.4, 0.5) is 5.69 Å². The largest absolute Gasteiger partial charge is 0.507 e. The maximum atomic E-state index is 11.3. The molecule has 1 aliphatic rings. The Morgan fingerprint density at radius 2 is 2.22 bits per heavy atom. The maximum Gasteiger partial charge on any atom is 0.286 e. The summed E-state index contributed by atoms with van der Waals surface area (Å²) in [5.41, 5.74) is 5.36. The number of aliphatic imine (C=N–C) groups is 1. The maximum absolute atomic E-state index is 11.3. The number of nitro groups is 1. The third-order valence-electron chi connectivity index (χ3n) is 2.15. The number of phenolic OH excluding ortho intramolecular Hbond substituents is 1. The van der Waals surface area contributed by atoms with Gasteiger partial charge in [0.25, 0.3) is 11.6 Å². The number of amides is 1. The molecule has 2 rings (SSSR count). The molecule has 1 amide bonds. The second-order valence-corrected chi connectivity index (χ2v) is 4.43. The Balaban J connectivity index is 2.40. The molecule has 8 heteroatoms. The van der Waals surface area contributed by atoms with E-state index in [1.807, 2.05) is 0 Å². The van der Waals surface area contributed by atoms with Crippen LogP contribution in [0, 0.1) is 10.1 Å². The van der Waals surface area contributed by atoms with Gasteiger partial charge in [-0.1, -0.05) is 0 Å². The average molecular weight is 265 g/mol. The minimum Gasteiger partial charge on any atom is -0.507 e. The molecular weight excluding hydrogens is 258 g/mol. The number of benzene rings is 1. The first-order valence-corrected chi connectivity index (χ1v) is 5.54. The Morgan fingerprint density at radius 3 is 2.78 bits per heavy atom. The van der Waals surface area contributed by atoms with E-state index in [0.717, 1.165) is 11.8 Å². The molecule has 7 nitrogen and oxygen atoms in total. The van der Waals surface area contributed by atoms with E-state index < -0.39 is 10.8 Å². The van der Waals surface area contributed by atoms with Gasteiger partial charge in [0.1, 0.15) is 5.75 Å². The van der Waals surface area contributed by atoms with Crippen molar-refractivity contribution in [2.24, 2.45) is 10.7 Å². The van der Waals surface area contributed by atoms with E-state index in [2.05, 4.69) is 4.99 Å². The third kappa shape index (κ3) is 2.33. The fraction of sp³-hybridized carbons (Fsp3) is 0. The van der Waals surface area contributed by atoms with E-state index in [-0.39, 0.29) is 27.1 Å². The van der Waals surface area contributed by atoms with Crippen molar-refractivity contribution < 1.29 is 14.8 Å². The van der Waals surface area contributed by atoms with Crippen molar-refractivity contribution in [3.05, 3.63) is 38.8 Å². The molecule has 0 atom stereocenters. The van der Waals surface area contributed by atoms with E-state index in [1.165, 1.54) is 24.3 Å². The zero-order valence-electron chi connectivity index (χ0n) is 8.86. The summed E-state index contributed by atoms with van der Waals surface area (Å²) >= 11 is 0.950. The summed E-state index contributed by atoms with van der Waals surface area (Å²) in [6.45, 7) is 0. The van der Waals surface area contributed by atoms with Gasteiger partial charge < -0.3 is 10.8 Å². The second-order valence-electron chi connectivity index (χ2n) is 3.37. The predicted octanol–water partition coefficient (Wildman–Crippen LogP) is 1.23. The zero-order chi connectivity index (χ0) is 13.3. The predicted molar refractivity (Wildman–Crippen MR) is 67.0 cm³/mol. The Bertz CT molecular complexity index is 609. The number of aromatic hydroxyl groups is 1. The summed E-state index contributed by atoms with van der Waals surface area (Å²) in [6, 6.07) is 3.54. The van der Waals surface area contributed by atoms with Crippen LogP contribution in [-0.2, 0) is 4.79 Å². The van der Waals surface area contributed by atoms with E-state index in [0.29, 0.717) is 0 Å². The summed E-state index contributed by atoms with van der Waals surface area (Å²) in [5, 5.41) is 20.3. The number of rotatable bonds is 2. The van der Waals surface area contributed by atoms with Crippen LogP contribution in [0.25, 0.3) is 6.08 Å². The zero-order valence-corrected chi connectivity index (χ0v) is 9.68. The van der Waals surface area contributed by atoms with E-state index in [1.54, 1.807) is 0 Å². The molecule has 0 fully saturated rings. The van der Waals surface area contributed by atoms with Gasteiger partial charge in [0, 0.05) is 17.7 Å². The summed E-state index contributed by atoms with van der Waals surface area (Å²) in [5.74, 6) is -0.685. The first-order chi connectivity index (χ1) is 8.47. The van der Waals surface area contributed by atoms with Gasteiger partial charge in [0.2, 0.25) is 0 Å². The number of nitro benzene ring substituents is 1. The molecule has 3 N–H and O–H groups in total. The Hall–Kier alpha value is -2.35. The summed E-state index contributed by atoms with van der Waals surface area (Å²) in [4.78, 5) is 25.1. The quantitative estimate of drug-likeness (QED) is 0.471. The van der Waals surface area contributed by atoms with Crippen LogP contribution in [0.3, 0.4) is 0 Å². The van der Waals surface area contributed by atoms with Crippen LogP contribution in [-0.4, -0.2) is 21.1 Å². The molecule has 18 heavy (non-hydrogen) atoms. The molecule has 0 bridgehead atoms. The molecule has 0 saturated carbocycles. The van der Waals surface area contributed by atoms with Crippen molar-refractivity contribution in [2.75, 3.05) is 0 Å². The van der Waals surface area contributed by atoms with Gasteiger partial charge in [-0.3, -0.25) is 14.9 Å². The van der Waals surface area contributed by atoms with Gasteiger partial charge in [-0.25, -0.2) is 0 Å². The number of carbonyl (C=O) groups excluding carboxylic acids is 1. The topological polar surface area (TPSA) is 119 Å². The molecule has 1 heterocycles. The molecule has 1 aromatic rings. The fourth-order valence-corrected chi connectivity index (χ4v) is 2.01. The highest BCUT2D eigenvalue weighted by atomic mass is 32.2. The van der Waals surface area contributed by atoms with Gasteiger partial charge >= 0.3 is 0 Å². The molecule has 0 aliphatic carbocycles. The van der Waals surface area contributed by atoms with Gasteiger partial charge in [-0.2, -0.15) is 4.99 Å². The number of phenols is 1. The van der Waals surface area contributed by atoms with Gasteiger partial charge in [0.15, 0.2) is 5.17 Å². The summed E-state index contributed by atoms with van der Waals surface area (Å²) in [6.07, 6.45) is 1.32. The first kappa shape index (κ1) is 12.1. The third-order valence-corrected chi connectivity index (χ3v) is 2.96. The van der Waals surface area contributed by atoms with Crippen LogP contribution in [0.15, 0.2) is 28.1 Å². The normalized spacial score (nSPS) is 17.0. The SMILES string of the molecule is NC1=NC(=O)/C(=C/c2cc([N+](=O)[O-])ccc2O)S1. The van der Waals surface area contributed by atoms with E-state index in [4.69, 9.17) is 5.73 Å². The number of nitrogens with zero attached hydrogens (tertiary/aromatic N) is 2. The van der Waals surface area contributed by atoms with E-state index >= 15 is 0 Å². The summed E-state index contributed by atoms with van der Waals surface area (Å²) in [7, 11) is 0. The van der Waals surface area contributed by atoms with E-state index in [9.17, 15) is 20.0 Å². The Labute approximate surface area is 105 Å². The minimum absolute atomic E-state index is 0.108. The number of non-ortho nitro benzene ring substituents is 1. The first-order valence-electron chi connectivity index (χ1n) is 4.73. The van der Waals surface area contributed by atoms with Gasteiger partial charge in [0.05, 0.1) is 9.83 Å². The number of carbonyl (C=O) groups is 1. The summed E-state index contributed by atoms with van der Waals surface area (Å²) < 4.78 is 0. The second kappa shape index (κ2) is 4.49. The van der Waals surface area contributed by atoms with Gasteiger partial charge in [-0.15, -0.1) is 0 Å². The average Bonchev–Trinajstić information content (AvgIpc) is 2.60. The van der Waals surface area contributed by atoms with Crippen LogP contribution < -0.4 is 5.73 Å². The van der Waals surface area contributed by atoms with Crippen LogP contribution in [0.5, 0.6) is 5.75 Å². The molecule has 1 aliphatic heterocycles. The number of nitrogens with two attached hydrogens (primary N) is 1. The lowest BCUT2D eigenvalue weighted by Gasteiger charge is -2.00. The lowest BCUT2D eigenvalue weighted by Crippen LogP contribution is -2.01.